The number of halogens is 3. The van der Waals surface area contributed by atoms with Crippen molar-refractivity contribution in [3.63, 3.8) is 0 Å². The van der Waals surface area contributed by atoms with Crippen molar-refractivity contribution in [3.05, 3.63) is 100 Å². The molecule has 0 aliphatic carbocycles. The smallest absolute Gasteiger partial charge is 0.261 e. The molecule has 0 radical (unpaired) electrons. The molecule has 0 saturated carbocycles. The Hall–Kier alpha value is -3.05. The van der Waals surface area contributed by atoms with E-state index in [1.807, 2.05) is 6.07 Å². The summed E-state index contributed by atoms with van der Waals surface area (Å²) in [5.41, 5.74) is 1.40. The van der Waals surface area contributed by atoms with Gasteiger partial charge in [0.1, 0.15) is 15.3 Å². The summed E-state index contributed by atoms with van der Waals surface area (Å²) >= 11 is 2.11. The molecule has 5 nitrogen and oxygen atoms in total. The lowest BCUT2D eigenvalue weighted by molar-refractivity contribution is 0.586. The summed E-state index contributed by atoms with van der Waals surface area (Å²) in [7, 11) is -2.31. The first-order chi connectivity index (χ1) is 15.7. The van der Waals surface area contributed by atoms with Crippen LogP contribution in [0.4, 0.5) is 8.78 Å². The molecule has 0 unspecified atom stereocenters. The Labute approximate surface area is 203 Å². The number of aryl methyl sites for hydroxylation is 1. The van der Waals surface area contributed by atoms with Crippen LogP contribution in [0.2, 0.25) is 0 Å². The van der Waals surface area contributed by atoms with Crippen LogP contribution in [0.3, 0.4) is 0 Å². The van der Waals surface area contributed by atoms with Gasteiger partial charge in [0, 0.05) is 18.0 Å². The molecule has 0 saturated heterocycles. The Kier molecular flexibility index (Phi) is 6.35. The van der Waals surface area contributed by atoms with Crippen LogP contribution in [-0.2, 0) is 17.1 Å². The standard InChI is InChI=1S/C24H18F2IN3O2S/c1-3-4-5-6-12-33(31,32)30-20-11-10-16(21-15-23(27)28-29(21)2)13-17(20)14-22(30)24-18(25)8-7-9-19(24)26/h3-15H,1H2,2H3/b5-4+,12-6?. The second-order valence-corrected chi connectivity index (χ2v) is 9.91. The number of allylic oxidation sites excluding steroid dienone is 4. The van der Waals surface area contributed by atoms with Gasteiger partial charge in [0.25, 0.3) is 10.0 Å². The van der Waals surface area contributed by atoms with Crippen LogP contribution < -0.4 is 0 Å². The van der Waals surface area contributed by atoms with E-state index in [2.05, 4.69) is 34.3 Å². The van der Waals surface area contributed by atoms with E-state index < -0.39 is 27.2 Å². The van der Waals surface area contributed by atoms with Gasteiger partial charge in [0.2, 0.25) is 0 Å². The van der Waals surface area contributed by atoms with Crippen molar-refractivity contribution in [2.75, 3.05) is 0 Å². The highest BCUT2D eigenvalue weighted by molar-refractivity contribution is 14.1. The molecule has 168 valence electrons. The summed E-state index contributed by atoms with van der Waals surface area (Å²) in [5.74, 6) is -1.71. The van der Waals surface area contributed by atoms with E-state index in [1.54, 1.807) is 36.0 Å². The van der Waals surface area contributed by atoms with E-state index in [-0.39, 0.29) is 5.69 Å². The van der Waals surface area contributed by atoms with Crippen molar-refractivity contribution >= 4 is 43.5 Å². The molecule has 2 aromatic carbocycles. The van der Waals surface area contributed by atoms with Gasteiger partial charge in [0.05, 0.1) is 27.9 Å². The first kappa shape index (κ1) is 23.1. The molecule has 2 heterocycles. The molecule has 2 aromatic heterocycles. The number of aromatic nitrogens is 3. The third kappa shape index (κ3) is 4.42. The molecule has 9 heteroatoms. The predicted molar refractivity (Wildman–Crippen MR) is 135 cm³/mol. The maximum Gasteiger partial charge on any atom is 0.261 e. The average molecular weight is 577 g/mol. The third-order valence-corrected chi connectivity index (χ3v) is 6.92. The monoisotopic (exact) mass is 577 g/mol. The van der Waals surface area contributed by atoms with Crippen molar-refractivity contribution in [1.29, 1.82) is 0 Å². The van der Waals surface area contributed by atoms with Crippen molar-refractivity contribution in [3.8, 4) is 22.5 Å². The highest BCUT2D eigenvalue weighted by Gasteiger charge is 2.24. The van der Waals surface area contributed by atoms with Crippen LogP contribution >= 0.6 is 22.6 Å². The van der Waals surface area contributed by atoms with Gasteiger partial charge in [-0.2, -0.15) is 5.10 Å². The molecule has 0 aliphatic heterocycles. The fourth-order valence-corrected chi connectivity index (χ4v) is 5.48. The molecule has 0 aliphatic rings. The van der Waals surface area contributed by atoms with Crippen LogP contribution in [0, 0.1) is 15.3 Å². The van der Waals surface area contributed by atoms with E-state index in [0.29, 0.717) is 10.9 Å². The number of hydrogen-bond acceptors (Lipinski definition) is 3. The Morgan fingerprint density at radius 1 is 1.00 bits per heavy atom. The molecule has 0 atom stereocenters. The molecule has 0 amide bonds. The van der Waals surface area contributed by atoms with Crippen molar-refractivity contribution < 1.29 is 17.2 Å². The molecule has 33 heavy (non-hydrogen) atoms. The van der Waals surface area contributed by atoms with Gasteiger partial charge in [-0.25, -0.2) is 21.2 Å². The topological polar surface area (TPSA) is 56.9 Å². The third-order valence-electron chi connectivity index (χ3n) is 4.99. The molecule has 0 bridgehead atoms. The molecule has 0 fully saturated rings. The normalized spacial score (nSPS) is 12.4. The Balaban J connectivity index is 2.01. The number of nitrogens with zero attached hydrogens (tertiary/aromatic N) is 3. The lowest BCUT2D eigenvalue weighted by Gasteiger charge is -2.11. The van der Waals surface area contributed by atoms with Gasteiger partial charge in [-0.3, -0.25) is 4.68 Å². The highest BCUT2D eigenvalue weighted by atomic mass is 127. The lowest BCUT2D eigenvalue weighted by atomic mass is 10.1. The van der Waals surface area contributed by atoms with Crippen LogP contribution in [0.25, 0.3) is 33.4 Å². The van der Waals surface area contributed by atoms with E-state index in [9.17, 15) is 17.2 Å². The van der Waals surface area contributed by atoms with Gasteiger partial charge in [-0.1, -0.05) is 36.9 Å². The van der Waals surface area contributed by atoms with Crippen LogP contribution in [0.5, 0.6) is 0 Å². The number of benzene rings is 2. The minimum atomic E-state index is -4.12. The van der Waals surface area contributed by atoms with E-state index in [1.165, 1.54) is 30.4 Å². The lowest BCUT2D eigenvalue weighted by Crippen LogP contribution is -2.11. The largest absolute Gasteiger partial charge is 0.267 e. The van der Waals surface area contributed by atoms with Gasteiger partial charge in [-0.15, -0.1) is 0 Å². The van der Waals surface area contributed by atoms with Gasteiger partial charge in [0.15, 0.2) is 0 Å². The second kappa shape index (κ2) is 9.06. The summed E-state index contributed by atoms with van der Waals surface area (Å²) in [6, 6.07) is 11.9. The number of fused-ring (bicyclic) bond motifs is 1. The van der Waals surface area contributed by atoms with Gasteiger partial charge >= 0.3 is 0 Å². The quantitative estimate of drug-likeness (QED) is 0.208. The fourth-order valence-electron chi connectivity index (χ4n) is 3.59. The van der Waals surface area contributed by atoms with Crippen LogP contribution in [-0.4, -0.2) is 22.2 Å². The van der Waals surface area contributed by atoms with Crippen molar-refractivity contribution in [2.24, 2.45) is 7.05 Å². The molecular weight excluding hydrogens is 559 g/mol. The maximum atomic E-state index is 14.7. The summed E-state index contributed by atoms with van der Waals surface area (Å²) < 4.78 is 59.4. The first-order valence-electron chi connectivity index (χ1n) is 9.74. The summed E-state index contributed by atoms with van der Waals surface area (Å²) in [6.45, 7) is 3.53. The zero-order valence-corrected chi connectivity index (χ0v) is 20.4. The summed E-state index contributed by atoms with van der Waals surface area (Å²) in [4.78, 5) is 0. The van der Waals surface area contributed by atoms with Crippen LogP contribution in [0.1, 0.15) is 0 Å². The first-order valence-corrected chi connectivity index (χ1v) is 12.3. The second-order valence-electron chi connectivity index (χ2n) is 7.13. The van der Waals surface area contributed by atoms with E-state index >= 15 is 0 Å². The average Bonchev–Trinajstić information content (AvgIpc) is 3.30. The zero-order chi connectivity index (χ0) is 23.8. The summed E-state index contributed by atoms with van der Waals surface area (Å²) in [5, 5.41) is 5.82. The van der Waals surface area contributed by atoms with Crippen molar-refractivity contribution in [2.45, 2.75) is 0 Å². The minimum Gasteiger partial charge on any atom is -0.267 e. The van der Waals surface area contributed by atoms with Crippen LogP contribution in [0.15, 0.2) is 84.8 Å². The molecule has 0 N–H and O–H groups in total. The Morgan fingerprint density at radius 3 is 2.36 bits per heavy atom. The Bertz CT molecular complexity index is 1530. The zero-order valence-electron chi connectivity index (χ0n) is 17.4. The molecule has 4 rings (SSSR count). The molecular formula is C24H18F2IN3O2S. The highest BCUT2D eigenvalue weighted by Crippen LogP contribution is 2.35. The predicted octanol–water partition coefficient (Wildman–Crippen LogP) is 6.03. The van der Waals surface area contributed by atoms with E-state index in [0.717, 1.165) is 36.5 Å². The Morgan fingerprint density at radius 2 is 1.73 bits per heavy atom. The summed E-state index contributed by atoms with van der Waals surface area (Å²) in [6.07, 6.45) is 5.90. The SMILES string of the molecule is C=C/C=C/C=CS(=O)(=O)n1c(-c2c(F)cccc2F)cc2cc(-c3cc(I)nn3C)ccc21. The van der Waals surface area contributed by atoms with E-state index in [4.69, 9.17) is 0 Å². The minimum absolute atomic E-state index is 0.102. The number of rotatable bonds is 6. The maximum absolute atomic E-state index is 14.7. The van der Waals surface area contributed by atoms with Gasteiger partial charge in [-0.05, 0) is 65.1 Å². The number of hydrogen-bond donors (Lipinski definition) is 0. The fraction of sp³-hybridized carbons (Fsp3) is 0.0417. The van der Waals surface area contributed by atoms with Gasteiger partial charge < -0.3 is 0 Å². The molecule has 0 spiro atoms. The molecule has 4 aromatic rings. The van der Waals surface area contributed by atoms with Crippen molar-refractivity contribution in [1.82, 2.24) is 13.8 Å².